The van der Waals surface area contributed by atoms with Crippen molar-refractivity contribution in [1.82, 2.24) is 10.6 Å². The van der Waals surface area contributed by atoms with Crippen LogP contribution in [-0.4, -0.2) is 43.4 Å². The number of ether oxygens (including phenoxy) is 1. The van der Waals surface area contributed by atoms with Crippen molar-refractivity contribution in [2.24, 2.45) is 0 Å². The van der Waals surface area contributed by atoms with Crippen molar-refractivity contribution in [3.8, 4) is 5.75 Å². The number of aliphatic carboxylic acids is 1. The van der Waals surface area contributed by atoms with Crippen LogP contribution in [0.1, 0.15) is 12.0 Å². The van der Waals surface area contributed by atoms with Crippen LogP contribution in [0.15, 0.2) is 24.3 Å². The minimum absolute atomic E-state index is 0.165. The topological polar surface area (TPSA) is 70.6 Å². The standard InChI is InChI=1S/C14H20N2O3/c1-19-12-4-2-3-11(7-12)5-6-16-14(8-13(17)18)9-15-10-14/h2-4,7,15-16H,5-6,8-10H2,1H3,(H,17,18). The second-order valence-corrected chi connectivity index (χ2v) is 4.98. The lowest BCUT2D eigenvalue weighted by atomic mass is 9.88. The zero-order valence-electron chi connectivity index (χ0n) is 11.1. The Morgan fingerprint density at radius 3 is 2.89 bits per heavy atom. The van der Waals surface area contributed by atoms with Crippen LogP contribution in [0, 0.1) is 0 Å². The molecule has 0 radical (unpaired) electrons. The quantitative estimate of drug-likeness (QED) is 0.674. The van der Waals surface area contributed by atoms with Crippen molar-refractivity contribution in [1.29, 1.82) is 0 Å². The van der Waals surface area contributed by atoms with Crippen molar-refractivity contribution in [3.05, 3.63) is 29.8 Å². The van der Waals surface area contributed by atoms with Gasteiger partial charge in [0.05, 0.1) is 19.1 Å². The maximum absolute atomic E-state index is 10.8. The molecule has 5 heteroatoms. The van der Waals surface area contributed by atoms with Crippen LogP contribution in [0.4, 0.5) is 0 Å². The molecule has 1 aliphatic heterocycles. The highest BCUT2D eigenvalue weighted by atomic mass is 16.5. The molecule has 5 nitrogen and oxygen atoms in total. The Morgan fingerprint density at radius 1 is 1.53 bits per heavy atom. The predicted octanol–water partition coefficient (Wildman–Crippen LogP) is 0.644. The van der Waals surface area contributed by atoms with Crippen LogP contribution in [0.25, 0.3) is 0 Å². The highest BCUT2D eigenvalue weighted by Gasteiger charge is 2.38. The molecule has 0 atom stereocenters. The van der Waals surface area contributed by atoms with Crippen LogP contribution in [0.3, 0.4) is 0 Å². The van der Waals surface area contributed by atoms with Gasteiger partial charge < -0.3 is 20.5 Å². The van der Waals surface area contributed by atoms with Crippen molar-refractivity contribution in [3.63, 3.8) is 0 Å². The first-order chi connectivity index (χ1) is 9.13. The van der Waals surface area contributed by atoms with Gasteiger partial charge in [-0.1, -0.05) is 12.1 Å². The number of methoxy groups -OCH3 is 1. The Balaban J connectivity index is 1.83. The molecule has 104 valence electrons. The van der Waals surface area contributed by atoms with E-state index in [1.165, 1.54) is 5.56 Å². The summed E-state index contributed by atoms with van der Waals surface area (Å²) < 4.78 is 5.18. The SMILES string of the molecule is COc1cccc(CCNC2(CC(=O)O)CNC2)c1. The molecule has 3 N–H and O–H groups in total. The fourth-order valence-corrected chi connectivity index (χ4v) is 2.33. The Labute approximate surface area is 113 Å². The molecule has 0 amide bonds. The number of hydrogen-bond acceptors (Lipinski definition) is 4. The maximum Gasteiger partial charge on any atom is 0.305 e. The molecule has 0 spiro atoms. The van der Waals surface area contributed by atoms with Crippen LogP contribution in [0.5, 0.6) is 5.75 Å². The van der Waals surface area contributed by atoms with Gasteiger partial charge in [-0.25, -0.2) is 0 Å². The lowest BCUT2D eigenvalue weighted by molar-refractivity contribution is -0.139. The average molecular weight is 264 g/mol. The number of rotatable bonds is 7. The summed E-state index contributed by atoms with van der Waals surface area (Å²) in [5, 5.41) is 15.4. The van der Waals surface area contributed by atoms with Gasteiger partial charge in [-0.3, -0.25) is 4.79 Å². The molecule has 1 heterocycles. The smallest absolute Gasteiger partial charge is 0.305 e. The third kappa shape index (κ3) is 3.68. The van der Waals surface area contributed by atoms with E-state index in [9.17, 15) is 4.79 Å². The van der Waals surface area contributed by atoms with E-state index in [1.54, 1.807) is 7.11 Å². The molecule has 0 saturated carbocycles. The Bertz CT molecular complexity index is 444. The molecule has 0 unspecified atom stereocenters. The predicted molar refractivity (Wildman–Crippen MR) is 72.6 cm³/mol. The summed E-state index contributed by atoms with van der Waals surface area (Å²) in [5.41, 5.74) is 0.912. The zero-order valence-corrected chi connectivity index (χ0v) is 11.1. The summed E-state index contributed by atoms with van der Waals surface area (Å²) in [5.74, 6) is 0.0958. The summed E-state index contributed by atoms with van der Waals surface area (Å²) in [6, 6.07) is 7.93. The molecule has 0 aliphatic carbocycles. The second-order valence-electron chi connectivity index (χ2n) is 4.98. The number of hydrogen-bond donors (Lipinski definition) is 3. The zero-order chi connectivity index (χ0) is 13.7. The van der Waals surface area contributed by atoms with Crippen LogP contribution in [-0.2, 0) is 11.2 Å². The molecule has 1 aromatic rings. The molecular weight excluding hydrogens is 244 g/mol. The van der Waals surface area contributed by atoms with Crippen molar-refractivity contribution in [2.45, 2.75) is 18.4 Å². The molecule has 1 aliphatic rings. The molecule has 1 fully saturated rings. The van der Waals surface area contributed by atoms with Gasteiger partial charge in [0.1, 0.15) is 5.75 Å². The summed E-state index contributed by atoms with van der Waals surface area (Å²) in [6.45, 7) is 2.21. The summed E-state index contributed by atoms with van der Waals surface area (Å²) in [7, 11) is 1.65. The first-order valence-corrected chi connectivity index (χ1v) is 6.44. The first-order valence-electron chi connectivity index (χ1n) is 6.44. The van der Waals surface area contributed by atoms with Gasteiger partial charge in [-0.2, -0.15) is 0 Å². The number of carboxylic acid groups (broad SMARTS) is 1. The Hall–Kier alpha value is -1.59. The van der Waals surface area contributed by atoms with E-state index < -0.39 is 5.97 Å². The van der Waals surface area contributed by atoms with Crippen LogP contribution < -0.4 is 15.4 Å². The number of benzene rings is 1. The minimum atomic E-state index is -0.754. The van der Waals surface area contributed by atoms with E-state index in [4.69, 9.17) is 9.84 Å². The molecular formula is C14H20N2O3. The molecule has 0 aromatic heterocycles. The highest BCUT2D eigenvalue weighted by molar-refractivity contribution is 5.68. The van der Waals surface area contributed by atoms with Crippen molar-refractivity contribution < 1.29 is 14.6 Å². The van der Waals surface area contributed by atoms with Gasteiger partial charge in [-0.15, -0.1) is 0 Å². The van der Waals surface area contributed by atoms with Crippen molar-refractivity contribution in [2.75, 3.05) is 26.7 Å². The van der Waals surface area contributed by atoms with E-state index in [1.807, 2.05) is 24.3 Å². The van der Waals surface area contributed by atoms with E-state index in [0.29, 0.717) is 0 Å². The lowest BCUT2D eigenvalue weighted by Gasteiger charge is -2.42. The van der Waals surface area contributed by atoms with Gasteiger partial charge in [-0.05, 0) is 30.7 Å². The third-order valence-electron chi connectivity index (χ3n) is 3.46. The Morgan fingerprint density at radius 2 is 2.32 bits per heavy atom. The normalized spacial score (nSPS) is 16.7. The maximum atomic E-state index is 10.8. The van der Waals surface area contributed by atoms with Crippen molar-refractivity contribution >= 4 is 5.97 Å². The minimum Gasteiger partial charge on any atom is -0.497 e. The highest BCUT2D eigenvalue weighted by Crippen LogP contribution is 2.17. The number of nitrogens with one attached hydrogen (secondary N) is 2. The molecule has 0 bridgehead atoms. The third-order valence-corrected chi connectivity index (χ3v) is 3.46. The van der Waals surface area contributed by atoms with E-state index >= 15 is 0 Å². The number of carboxylic acids is 1. The van der Waals surface area contributed by atoms with Gasteiger partial charge in [0.15, 0.2) is 0 Å². The van der Waals surface area contributed by atoms with Gasteiger partial charge in [0, 0.05) is 13.1 Å². The van der Waals surface area contributed by atoms with E-state index in [-0.39, 0.29) is 12.0 Å². The fraction of sp³-hybridized carbons (Fsp3) is 0.500. The summed E-state index contributed by atoms with van der Waals surface area (Å²) in [6.07, 6.45) is 1.02. The second kappa shape index (κ2) is 6.04. The molecule has 2 rings (SSSR count). The summed E-state index contributed by atoms with van der Waals surface area (Å²) >= 11 is 0. The van der Waals surface area contributed by atoms with Crippen LogP contribution in [0.2, 0.25) is 0 Å². The summed E-state index contributed by atoms with van der Waals surface area (Å²) in [4.78, 5) is 10.8. The monoisotopic (exact) mass is 264 g/mol. The van der Waals surface area contributed by atoms with E-state index in [2.05, 4.69) is 10.6 Å². The molecule has 1 saturated heterocycles. The van der Waals surface area contributed by atoms with E-state index in [0.717, 1.165) is 31.8 Å². The fourth-order valence-electron chi connectivity index (χ4n) is 2.33. The first kappa shape index (κ1) is 13.8. The Kier molecular flexibility index (Phi) is 4.39. The van der Waals surface area contributed by atoms with Crippen LogP contribution >= 0.6 is 0 Å². The average Bonchev–Trinajstić information content (AvgIpc) is 2.35. The van der Waals surface area contributed by atoms with Gasteiger partial charge >= 0.3 is 5.97 Å². The van der Waals surface area contributed by atoms with Gasteiger partial charge in [0.2, 0.25) is 0 Å². The largest absolute Gasteiger partial charge is 0.497 e. The number of carbonyl (C=O) groups is 1. The molecule has 1 aromatic carbocycles. The van der Waals surface area contributed by atoms with Gasteiger partial charge in [0.25, 0.3) is 0 Å². The molecule has 19 heavy (non-hydrogen) atoms. The lowest BCUT2D eigenvalue weighted by Crippen LogP contribution is -2.68.